The van der Waals surface area contributed by atoms with Crippen molar-refractivity contribution in [1.29, 1.82) is 5.26 Å². The van der Waals surface area contributed by atoms with Crippen LogP contribution in [0.3, 0.4) is 0 Å². The van der Waals surface area contributed by atoms with Gasteiger partial charge in [0.1, 0.15) is 4.75 Å². The summed E-state index contributed by atoms with van der Waals surface area (Å²) in [7, 11) is 0. The van der Waals surface area contributed by atoms with Crippen LogP contribution < -0.4 is 0 Å². The minimum Gasteiger partial charge on any atom is -0.197 e. The summed E-state index contributed by atoms with van der Waals surface area (Å²) in [4.78, 5) is 1.17. The lowest BCUT2D eigenvalue weighted by Gasteiger charge is -2.42. The minimum absolute atomic E-state index is 0.256. The van der Waals surface area contributed by atoms with Gasteiger partial charge in [-0.3, -0.25) is 0 Å². The molecule has 0 heterocycles. The zero-order chi connectivity index (χ0) is 14.0. The summed E-state index contributed by atoms with van der Waals surface area (Å²) in [6.07, 6.45) is 1.88. The van der Waals surface area contributed by atoms with E-state index in [1.807, 2.05) is 18.2 Å². The number of hydrogen-bond acceptors (Lipinski definition) is 2. The van der Waals surface area contributed by atoms with Gasteiger partial charge in [0.15, 0.2) is 0 Å². The molecule has 0 unspecified atom stereocenters. The molecular weight excluding hydrogens is 330 g/mol. The summed E-state index contributed by atoms with van der Waals surface area (Å²) in [6.45, 7) is 0. The molecule has 1 aliphatic carbocycles. The van der Waals surface area contributed by atoms with E-state index in [4.69, 9.17) is 0 Å². The van der Waals surface area contributed by atoms with Crippen LogP contribution in [-0.2, 0) is 0 Å². The van der Waals surface area contributed by atoms with E-state index in [2.05, 4.69) is 58.4 Å². The Hall–Kier alpha value is -1.24. The highest BCUT2D eigenvalue weighted by atomic mass is 79.9. The Morgan fingerprint density at radius 3 is 2.30 bits per heavy atom. The lowest BCUT2D eigenvalue weighted by Crippen LogP contribution is -2.38. The Labute approximate surface area is 132 Å². The van der Waals surface area contributed by atoms with Crippen molar-refractivity contribution in [3.63, 3.8) is 0 Å². The van der Waals surface area contributed by atoms with Crippen molar-refractivity contribution in [2.45, 2.75) is 28.4 Å². The third kappa shape index (κ3) is 2.77. The van der Waals surface area contributed by atoms with E-state index >= 15 is 0 Å². The van der Waals surface area contributed by atoms with Crippen molar-refractivity contribution in [1.82, 2.24) is 0 Å². The largest absolute Gasteiger partial charge is 0.197 e. The number of halogens is 1. The average molecular weight is 344 g/mol. The fraction of sp³-hybridized carbons (Fsp3) is 0.235. The van der Waals surface area contributed by atoms with Crippen LogP contribution in [0, 0.1) is 11.3 Å². The van der Waals surface area contributed by atoms with Gasteiger partial charge in [-0.2, -0.15) is 5.26 Å². The van der Waals surface area contributed by atoms with E-state index in [0.29, 0.717) is 5.92 Å². The molecule has 0 bridgehead atoms. The Balaban J connectivity index is 1.70. The van der Waals surface area contributed by atoms with Gasteiger partial charge in [0, 0.05) is 9.37 Å². The first kappa shape index (κ1) is 13.7. The van der Waals surface area contributed by atoms with Gasteiger partial charge in [-0.25, -0.2) is 0 Å². The number of benzene rings is 2. The number of thioether (sulfide) groups is 1. The van der Waals surface area contributed by atoms with E-state index in [-0.39, 0.29) is 4.75 Å². The van der Waals surface area contributed by atoms with Gasteiger partial charge in [-0.05, 0) is 48.6 Å². The molecule has 0 saturated heterocycles. The molecule has 100 valence electrons. The van der Waals surface area contributed by atoms with Crippen LogP contribution in [0.25, 0.3) is 0 Å². The van der Waals surface area contributed by atoms with E-state index < -0.39 is 0 Å². The van der Waals surface area contributed by atoms with Crippen LogP contribution in [0.15, 0.2) is 64.0 Å². The van der Waals surface area contributed by atoms with Gasteiger partial charge in [-0.1, -0.05) is 46.3 Å². The van der Waals surface area contributed by atoms with Gasteiger partial charge >= 0.3 is 0 Å². The molecule has 3 heteroatoms. The predicted octanol–water partition coefficient (Wildman–Crippen LogP) is 5.38. The summed E-state index contributed by atoms with van der Waals surface area (Å²) in [5.74, 6) is 0.527. The lowest BCUT2D eigenvalue weighted by molar-refractivity contribution is 0.368. The molecule has 0 amide bonds. The first-order valence-electron chi connectivity index (χ1n) is 6.62. The lowest BCUT2D eigenvalue weighted by atomic mass is 9.71. The van der Waals surface area contributed by atoms with E-state index in [0.717, 1.165) is 17.3 Å². The first-order chi connectivity index (χ1) is 9.71. The second-order valence-corrected chi connectivity index (χ2v) is 7.55. The second kappa shape index (κ2) is 5.63. The predicted molar refractivity (Wildman–Crippen MR) is 86.8 cm³/mol. The third-order valence-electron chi connectivity index (χ3n) is 3.75. The highest BCUT2D eigenvalue weighted by Gasteiger charge is 2.46. The van der Waals surface area contributed by atoms with Gasteiger partial charge in [0.2, 0.25) is 0 Å². The summed E-state index contributed by atoms with van der Waals surface area (Å²) in [5.41, 5.74) is 1.36. The SMILES string of the molecule is N#CC1(Sc2ccc(Br)cc2)CC(c2ccccc2)C1. The fourth-order valence-electron chi connectivity index (χ4n) is 2.62. The van der Waals surface area contributed by atoms with E-state index in [1.165, 1.54) is 10.5 Å². The van der Waals surface area contributed by atoms with E-state index in [1.54, 1.807) is 11.8 Å². The van der Waals surface area contributed by atoms with Gasteiger partial charge < -0.3 is 0 Å². The number of nitriles is 1. The van der Waals surface area contributed by atoms with Crippen LogP contribution in [0.2, 0.25) is 0 Å². The molecule has 0 atom stereocenters. The maximum absolute atomic E-state index is 9.54. The highest BCUT2D eigenvalue weighted by molar-refractivity contribution is 9.10. The quantitative estimate of drug-likeness (QED) is 0.746. The molecule has 0 radical (unpaired) electrons. The number of rotatable bonds is 3. The molecule has 0 aliphatic heterocycles. The van der Waals surface area contributed by atoms with E-state index in [9.17, 15) is 5.26 Å². The molecular formula is C17H14BrNS. The molecule has 1 aliphatic rings. The topological polar surface area (TPSA) is 23.8 Å². The molecule has 1 saturated carbocycles. The van der Waals surface area contributed by atoms with Crippen molar-refractivity contribution in [2.75, 3.05) is 0 Å². The molecule has 0 spiro atoms. The summed E-state index contributed by atoms with van der Waals surface area (Å²) in [6, 6.07) is 21.2. The van der Waals surface area contributed by atoms with Gasteiger partial charge in [0.05, 0.1) is 6.07 Å². The Bertz CT molecular complexity index is 624. The van der Waals surface area contributed by atoms with Crippen molar-refractivity contribution in [3.05, 3.63) is 64.6 Å². The maximum Gasteiger partial charge on any atom is 0.108 e. The summed E-state index contributed by atoms with van der Waals surface area (Å²) in [5, 5.41) is 9.54. The number of nitrogens with zero attached hydrogens (tertiary/aromatic N) is 1. The Kier molecular flexibility index (Phi) is 3.87. The molecule has 3 rings (SSSR count). The molecule has 2 aromatic carbocycles. The van der Waals surface area contributed by atoms with Crippen LogP contribution in [0.1, 0.15) is 24.3 Å². The molecule has 2 aromatic rings. The molecule has 1 nitrogen and oxygen atoms in total. The fourth-order valence-corrected chi connectivity index (χ4v) is 4.23. The Morgan fingerprint density at radius 2 is 1.70 bits per heavy atom. The maximum atomic E-state index is 9.54. The van der Waals surface area contributed by atoms with Gasteiger partial charge in [0.25, 0.3) is 0 Å². The Morgan fingerprint density at radius 1 is 1.05 bits per heavy atom. The summed E-state index contributed by atoms with van der Waals surface area (Å²) < 4.78 is 0.817. The molecule has 20 heavy (non-hydrogen) atoms. The third-order valence-corrected chi connectivity index (χ3v) is 5.61. The van der Waals surface area contributed by atoms with Crippen LogP contribution in [0.5, 0.6) is 0 Å². The second-order valence-electron chi connectivity index (χ2n) is 5.18. The normalized spacial score (nSPS) is 24.7. The molecule has 0 N–H and O–H groups in total. The van der Waals surface area contributed by atoms with Crippen LogP contribution in [0.4, 0.5) is 0 Å². The van der Waals surface area contributed by atoms with Crippen molar-refractivity contribution < 1.29 is 0 Å². The van der Waals surface area contributed by atoms with Crippen LogP contribution >= 0.6 is 27.7 Å². The van der Waals surface area contributed by atoms with Gasteiger partial charge in [-0.15, -0.1) is 11.8 Å². The van der Waals surface area contributed by atoms with Crippen molar-refractivity contribution in [2.24, 2.45) is 0 Å². The first-order valence-corrected chi connectivity index (χ1v) is 8.22. The minimum atomic E-state index is -0.256. The number of hydrogen-bond donors (Lipinski definition) is 0. The average Bonchev–Trinajstić information content (AvgIpc) is 2.45. The molecule has 1 fully saturated rings. The summed E-state index contributed by atoms with van der Waals surface area (Å²) >= 11 is 5.14. The van der Waals surface area contributed by atoms with Crippen molar-refractivity contribution >= 4 is 27.7 Å². The zero-order valence-corrected chi connectivity index (χ0v) is 13.3. The monoisotopic (exact) mass is 343 g/mol. The standard InChI is InChI=1S/C17H14BrNS/c18-15-6-8-16(9-7-15)20-17(12-19)10-14(11-17)13-4-2-1-3-5-13/h1-9,14H,10-11H2. The van der Waals surface area contributed by atoms with Crippen LogP contribution in [-0.4, -0.2) is 4.75 Å². The highest BCUT2D eigenvalue weighted by Crippen LogP contribution is 2.54. The smallest absolute Gasteiger partial charge is 0.108 e. The molecule has 0 aromatic heterocycles. The van der Waals surface area contributed by atoms with Crippen molar-refractivity contribution in [3.8, 4) is 6.07 Å². The zero-order valence-electron chi connectivity index (χ0n) is 10.9.